The van der Waals surface area contributed by atoms with E-state index in [1.54, 1.807) is 0 Å². The monoisotopic (exact) mass is 177 g/mol. The molecule has 0 atom stereocenters. The lowest BCUT2D eigenvalue weighted by Gasteiger charge is -1.98. The van der Waals surface area contributed by atoms with Gasteiger partial charge in [-0.15, -0.1) is 0 Å². The fraction of sp³-hybridized carbons (Fsp3) is 0.667. The molecule has 0 radical (unpaired) electrons. The van der Waals surface area contributed by atoms with Crippen molar-refractivity contribution in [3.63, 3.8) is 0 Å². The number of nitrogens with one attached hydrogen (secondary N) is 1. The summed E-state index contributed by atoms with van der Waals surface area (Å²) in [4.78, 5) is 20.3. The van der Waals surface area contributed by atoms with Crippen molar-refractivity contribution in [2.24, 2.45) is 0 Å². The van der Waals surface area contributed by atoms with E-state index in [1.807, 2.05) is 0 Å². The molecule has 0 unspecified atom stereocenters. The lowest BCUT2D eigenvalue weighted by Crippen LogP contribution is -2.11. The Bertz CT molecular complexity index is 133. The van der Waals surface area contributed by atoms with Crippen LogP contribution in [0.4, 0.5) is 0 Å². The summed E-state index contributed by atoms with van der Waals surface area (Å²) in [5.41, 5.74) is 0. The predicted octanol–water partition coefficient (Wildman–Crippen LogP) is 0.636. The summed E-state index contributed by atoms with van der Waals surface area (Å²) in [6, 6.07) is 0. The highest BCUT2D eigenvalue weighted by molar-refractivity contribution is 7.97. The van der Waals surface area contributed by atoms with Gasteiger partial charge in [0.25, 0.3) is 0 Å². The first-order valence-corrected chi connectivity index (χ1v) is 4.21. The summed E-state index contributed by atoms with van der Waals surface area (Å²) in [5.74, 6) is -0.259. The number of hydrogen-bond donors (Lipinski definition) is 2. The van der Waals surface area contributed by atoms with E-state index in [0.717, 1.165) is 0 Å². The first kappa shape index (κ1) is 10.3. The van der Waals surface area contributed by atoms with Gasteiger partial charge in [0.05, 0.1) is 0 Å². The van der Waals surface area contributed by atoms with Crippen LogP contribution in [0.5, 0.6) is 0 Å². The van der Waals surface area contributed by atoms with Gasteiger partial charge in [-0.3, -0.25) is 9.59 Å². The summed E-state index contributed by atoms with van der Waals surface area (Å²) < 4.78 is 2.50. The highest BCUT2D eigenvalue weighted by Crippen LogP contribution is 1.99. The van der Waals surface area contributed by atoms with E-state index in [9.17, 15) is 9.59 Å². The molecule has 0 aliphatic carbocycles. The first-order valence-electron chi connectivity index (χ1n) is 3.23. The van der Waals surface area contributed by atoms with E-state index < -0.39 is 5.97 Å². The molecule has 0 heterocycles. The van der Waals surface area contributed by atoms with Gasteiger partial charge in [0, 0.05) is 19.1 Å². The van der Waals surface area contributed by atoms with Gasteiger partial charge in [0.2, 0.25) is 5.91 Å². The maximum absolute atomic E-state index is 10.3. The minimum absolute atomic E-state index is 0.106. The molecule has 0 fully saturated rings. The molecule has 0 saturated heterocycles. The molecule has 2 N–H and O–H groups in total. The number of hydrogen-bond acceptors (Lipinski definition) is 3. The average Bonchev–Trinajstić information content (AvgIpc) is 1.85. The molecular formula is C6H11NO3S. The molecule has 0 aliphatic heterocycles. The molecular weight excluding hydrogens is 166 g/mol. The van der Waals surface area contributed by atoms with Gasteiger partial charge in [0.1, 0.15) is 0 Å². The first-order chi connectivity index (χ1) is 5.13. The number of carboxylic acids is 1. The maximum atomic E-state index is 10.3. The van der Waals surface area contributed by atoms with Gasteiger partial charge in [-0.1, -0.05) is 11.9 Å². The van der Waals surface area contributed by atoms with Gasteiger partial charge >= 0.3 is 5.97 Å². The fourth-order valence-corrected chi connectivity index (χ4v) is 1.04. The molecule has 1 amide bonds. The van der Waals surface area contributed by atoms with Crippen molar-refractivity contribution < 1.29 is 14.7 Å². The smallest absolute Gasteiger partial charge is 0.303 e. The molecule has 0 aromatic rings. The largest absolute Gasteiger partial charge is 0.481 e. The van der Waals surface area contributed by atoms with Crippen LogP contribution >= 0.6 is 11.9 Å². The van der Waals surface area contributed by atoms with Crippen LogP contribution in [0.1, 0.15) is 19.8 Å². The van der Waals surface area contributed by atoms with Crippen LogP contribution in [0.3, 0.4) is 0 Å². The summed E-state index contributed by atoms with van der Waals surface area (Å²) in [7, 11) is 0. The Kier molecular flexibility index (Phi) is 5.64. The Morgan fingerprint density at radius 3 is 2.64 bits per heavy atom. The topological polar surface area (TPSA) is 66.4 Å². The normalized spacial score (nSPS) is 9.18. The van der Waals surface area contributed by atoms with Crippen molar-refractivity contribution in [3.05, 3.63) is 0 Å². The van der Waals surface area contributed by atoms with E-state index in [1.165, 1.54) is 18.9 Å². The minimum Gasteiger partial charge on any atom is -0.481 e. The van der Waals surface area contributed by atoms with Crippen molar-refractivity contribution >= 4 is 23.8 Å². The maximum Gasteiger partial charge on any atom is 0.303 e. The summed E-state index contributed by atoms with van der Waals surface area (Å²) in [5, 5.41) is 8.23. The molecule has 0 rings (SSSR count). The molecule has 0 aromatic carbocycles. The van der Waals surface area contributed by atoms with E-state index in [4.69, 9.17) is 5.11 Å². The second-order valence-electron chi connectivity index (χ2n) is 2.00. The summed E-state index contributed by atoms with van der Waals surface area (Å²) in [6.45, 7) is 1.42. The van der Waals surface area contributed by atoms with Crippen LogP contribution in [0, 0.1) is 0 Å². The zero-order valence-electron chi connectivity index (χ0n) is 6.29. The third-order valence-electron chi connectivity index (χ3n) is 0.853. The SMILES string of the molecule is CC(=O)NSCCCC(=O)O. The fourth-order valence-electron chi connectivity index (χ4n) is 0.448. The van der Waals surface area contributed by atoms with Gasteiger partial charge < -0.3 is 9.83 Å². The second-order valence-corrected chi connectivity index (χ2v) is 2.91. The third kappa shape index (κ3) is 9.29. The van der Waals surface area contributed by atoms with Gasteiger partial charge in [-0.2, -0.15) is 0 Å². The van der Waals surface area contributed by atoms with Crippen LogP contribution in [-0.4, -0.2) is 22.7 Å². The third-order valence-corrected chi connectivity index (χ3v) is 1.78. The van der Waals surface area contributed by atoms with Crippen molar-refractivity contribution in [3.8, 4) is 0 Å². The number of carbonyl (C=O) groups excluding carboxylic acids is 1. The molecule has 0 saturated carbocycles. The zero-order valence-corrected chi connectivity index (χ0v) is 7.11. The van der Waals surface area contributed by atoms with Crippen LogP contribution in [-0.2, 0) is 9.59 Å². The number of amides is 1. The molecule has 0 spiro atoms. The Hall–Kier alpha value is -0.710. The van der Waals surface area contributed by atoms with E-state index >= 15 is 0 Å². The predicted molar refractivity (Wildman–Crippen MR) is 43.1 cm³/mol. The Labute approximate surface area is 69.5 Å². The second kappa shape index (κ2) is 6.03. The molecule has 11 heavy (non-hydrogen) atoms. The summed E-state index contributed by atoms with van der Waals surface area (Å²) in [6.07, 6.45) is 0.743. The average molecular weight is 177 g/mol. The lowest BCUT2D eigenvalue weighted by atomic mass is 10.3. The highest BCUT2D eigenvalue weighted by atomic mass is 32.2. The Balaban J connectivity index is 3.03. The Morgan fingerprint density at radius 2 is 2.18 bits per heavy atom. The van der Waals surface area contributed by atoms with Crippen molar-refractivity contribution in [2.75, 3.05) is 5.75 Å². The van der Waals surface area contributed by atoms with Gasteiger partial charge in [-0.05, 0) is 6.42 Å². The van der Waals surface area contributed by atoms with E-state index in [2.05, 4.69) is 4.72 Å². The standard InChI is InChI=1S/C6H11NO3S/c1-5(8)7-11-4-2-3-6(9)10/h2-4H2,1H3,(H,7,8)(H,9,10). The lowest BCUT2D eigenvalue weighted by molar-refractivity contribution is -0.137. The Morgan fingerprint density at radius 1 is 1.55 bits per heavy atom. The zero-order chi connectivity index (χ0) is 8.69. The molecule has 0 bridgehead atoms. The van der Waals surface area contributed by atoms with Crippen LogP contribution < -0.4 is 4.72 Å². The van der Waals surface area contributed by atoms with Crippen molar-refractivity contribution in [2.45, 2.75) is 19.8 Å². The molecule has 5 heteroatoms. The van der Waals surface area contributed by atoms with E-state index in [0.29, 0.717) is 12.2 Å². The molecule has 4 nitrogen and oxygen atoms in total. The van der Waals surface area contributed by atoms with Crippen molar-refractivity contribution in [1.29, 1.82) is 0 Å². The number of rotatable bonds is 5. The molecule has 0 aromatic heterocycles. The highest BCUT2D eigenvalue weighted by Gasteiger charge is 1.96. The van der Waals surface area contributed by atoms with Gasteiger partial charge in [-0.25, -0.2) is 0 Å². The van der Waals surface area contributed by atoms with Crippen LogP contribution in [0.25, 0.3) is 0 Å². The molecule has 0 aliphatic rings. The number of aliphatic carboxylic acids is 1. The van der Waals surface area contributed by atoms with E-state index in [-0.39, 0.29) is 12.3 Å². The summed E-state index contributed by atoms with van der Waals surface area (Å²) >= 11 is 1.24. The minimum atomic E-state index is -0.798. The van der Waals surface area contributed by atoms with Crippen molar-refractivity contribution in [1.82, 2.24) is 4.72 Å². The molecule has 64 valence electrons. The van der Waals surface area contributed by atoms with Gasteiger partial charge in [0.15, 0.2) is 0 Å². The van der Waals surface area contributed by atoms with Crippen LogP contribution in [0.15, 0.2) is 0 Å². The number of carbonyl (C=O) groups is 2. The quantitative estimate of drug-likeness (QED) is 0.477. The number of carboxylic acid groups (broad SMARTS) is 1. The van der Waals surface area contributed by atoms with Crippen LogP contribution in [0.2, 0.25) is 0 Å².